The first-order chi connectivity index (χ1) is 27.0. The Morgan fingerprint density at radius 3 is 1.25 bits per heavy atom. The molecule has 0 saturated heterocycles. The summed E-state index contributed by atoms with van der Waals surface area (Å²) >= 11 is 0. The third-order valence-electron chi connectivity index (χ3n) is 9.48. The summed E-state index contributed by atoms with van der Waals surface area (Å²) in [5, 5.41) is 0. The number of esters is 3. The number of hydrogen-bond donors (Lipinski definition) is 0. The summed E-state index contributed by atoms with van der Waals surface area (Å²) in [5.41, 5.74) is 0. The van der Waals surface area contributed by atoms with Crippen LogP contribution in [-0.2, 0) is 28.6 Å². The van der Waals surface area contributed by atoms with Crippen molar-refractivity contribution in [3.8, 4) is 0 Å². The lowest BCUT2D eigenvalue weighted by molar-refractivity contribution is -0.167. The Hall–Kier alpha value is -2.89. The second-order valence-corrected chi connectivity index (χ2v) is 14.9. The molecule has 0 aliphatic carbocycles. The minimum Gasteiger partial charge on any atom is -0.462 e. The zero-order valence-electron chi connectivity index (χ0n) is 35.9. The van der Waals surface area contributed by atoms with Gasteiger partial charge in [-0.05, 0) is 96.3 Å². The summed E-state index contributed by atoms with van der Waals surface area (Å²) in [7, 11) is 0. The molecule has 6 heteroatoms. The highest BCUT2D eigenvalue weighted by molar-refractivity contribution is 5.71. The standard InChI is InChI=1S/C49H84O6/c1-4-7-10-13-16-19-21-23-24-25-26-28-30-33-36-39-42-48(51)54-45-46(44-53-47(50)41-38-35-32-29-18-15-12-9-6-3)55-49(52)43-40-37-34-31-27-22-20-17-14-11-8-5-2/h8,11,17,20,24-25,27,29,31-32,46H,4-7,9-10,12-16,18-19,21-23,26,28,30,33-45H2,1-3H3/b11-8-,20-17-,25-24-,31-27-,32-29-. The van der Waals surface area contributed by atoms with Gasteiger partial charge in [-0.2, -0.15) is 0 Å². The number of carbonyl (C=O) groups excluding carboxylic acids is 3. The first-order valence-electron chi connectivity index (χ1n) is 22.8. The average molecular weight is 769 g/mol. The van der Waals surface area contributed by atoms with Crippen molar-refractivity contribution >= 4 is 17.9 Å². The summed E-state index contributed by atoms with van der Waals surface area (Å²) in [5.74, 6) is -0.992. The molecule has 0 saturated carbocycles. The van der Waals surface area contributed by atoms with E-state index in [1.165, 1.54) is 89.9 Å². The van der Waals surface area contributed by atoms with Crippen LogP contribution in [0.25, 0.3) is 0 Å². The van der Waals surface area contributed by atoms with Crippen LogP contribution in [0, 0.1) is 0 Å². The van der Waals surface area contributed by atoms with Crippen molar-refractivity contribution < 1.29 is 28.6 Å². The van der Waals surface area contributed by atoms with E-state index in [0.717, 1.165) is 70.6 Å². The Balaban J connectivity index is 4.42. The highest BCUT2D eigenvalue weighted by Crippen LogP contribution is 2.12. The van der Waals surface area contributed by atoms with E-state index < -0.39 is 6.10 Å². The molecule has 0 heterocycles. The molecule has 0 amide bonds. The SMILES string of the molecule is CC/C=C\C/C=C\C/C=C\CCCCC(=O)OC(COC(=O)CCC/C=C\CCCCCC)COC(=O)CCCCCCC/C=C\CCCCCCCCC. The predicted octanol–water partition coefficient (Wildman–Crippen LogP) is 14.5. The fourth-order valence-corrected chi connectivity index (χ4v) is 6.04. The lowest BCUT2D eigenvalue weighted by Crippen LogP contribution is -2.30. The van der Waals surface area contributed by atoms with E-state index >= 15 is 0 Å². The van der Waals surface area contributed by atoms with Crippen molar-refractivity contribution in [1.29, 1.82) is 0 Å². The first kappa shape index (κ1) is 52.1. The van der Waals surface area contributed by atoms with Crippen molar-refractivity contribution in [3.05, 3.63) is 60.8 Å². The minimum atomic E-state index is -0.805. The maximum absolute atomic E-state index is 12.7. The van der Waals surface area contributed by atoms with Gasteiger partial charge in [-0.3, -0.25) is 14.4 Å². The van der Waals surface area contributed by atoms with Crippen LogP contribution < -0.4 is 0 Å². The Labute approximate surface area is 339 Å². The van der Waals surface area contributed by atoms with Gasteiger partial charge in [-0.15, -0.1) is 0 Å². The molecule has 6 nitrogen and oxygen atoms in total. The largest absolute Gasteiger partial charge is 0.462 e. The highest BCUT2D eigenvalue weighted by Gasteiger charge is 2.19. The molecular formula is C49H84O6. The topological polar surface area (TPSA) is 78.9 Å². The van der Waals surface area contributed by atoms with E-state index in [1.54, 1.807) is 0 Å². The van der Waals surface area contributed by atoms with Crippen LogP contribution in [0.1, 0.15) is 213 Å². The van der Waals surface area contributed by atoms with Crippen LogP contribution >= 0.6 is 0 Å². The molecule has 1 atom stereocenters. The van der Waals surface area contributed by atoms with E-state index in [0.29, 0.717) is 25.7 Å². The number of rotatable bonds is 40. The van der Waals surface area contributed by atoms with Crippen molar-refractivity contribution in [2.75, 3.05) is 13.2 Å². The van der Waals surface area contributed by atoms with E-state index in [2.05, 4.69) is 81.5 Å². The molecule has 0 aliphatic heterocycles. The zero-order chi connectivity index (χ0) is 40.1. The number of unbranched alkanes of at least 4 members (excludes halogenated alkanes) is 19. The van der Waals surface area contributed by atoms with Gasteiger partial charge in [0.05, 0.1) is 0 Å². The lowest BCUT2D eigenvalue weighted by Gasteiger charge is -2.18. The second-order valence-electron chi connectivity index (χ2n) is 14.9. The van der Waals surface area contributed by atoms with Crippen LogP contribution in [-0.4, -0.2) is 37.2 Å². The maximum atomic E-state index is 12.7. The van der Waals surface area contributed by atoms with Gasteiger partial charge in [0.25, 0.3) is 0 Å². The summed E-state index contributed by atoms with van der Waals surface area (Å²) in [6.45, 7) is 6.40. The fourth-order valence-electron chi connectivity index (χ4n) is 6.04. The number of ether oxygens (including phenoxy) is 3. The predicted molar refractivity (Wildman–Crippen MR) is 233 cm³/mol. The Bertz CT molecular complexity index is 1020. The molecule has 1 unspecified atom stereocenters. The van der Waals surface area contributed by atoms with Crippen LogP contribution in [0.4, 0.5) is 0 Å². The van der Waals surface area contributed by atoms with Gasteiger partial charge < -0.3 is 14.2 Å². The molecule has 0 fully saturated rings. The summed E-state index contributed by atoms with van der Waals surface area (Å²) in [6, 6.07) is 0. The van der Waals surface area contributed by atoms with Gasteiger partial charge in [-0.25, -0.2) is 0 Å². The van der Waals surface area contributed by atoms with Gasteiger partial charge in [-0.1, -0.05) is 159 Å². The average Bonchev–Trinajstić information content (AvgIpc) is 3.18. The summed E-state index contributed by atoms with van der Waals surface area (Å²) in [6.07, 6.45) is 52.2. The molecule has 0 N–H and O–H groups in total. The highest BCUT2D eigenvalue weighted by atomic mass is 16.6. The fraction of sp³-hybridized carbons (Fsp3) is 0.735. The minimum absolute atomic E-state index is 0.103. The van der Waals surface area contributed by atoms with E-state index in [9.17, 15) is 14.4 Å². The molecule has 316 valence electrons. The summed E-state index contributed by atoms with van der Waals surface area (Å²) in [4.78, 5) is 37.6. The molecule has 0 spiro atoms. The molecule has 0 bridgehead atoms. The van der Waals surface area contributed by atoms with Gasteiger partial charge >= 0.3 is 17.9 Å². The quantitative estimate of drug-likeness (QED) is 0.0267. The first-order valence-corrected chi connectivity index (χ1v) is 22.8. The molecule has 0 aliphatic rings. The van der Waals surface area contributed by atoms with E-state index in [4.69, 9.17) is 14.2 Å². The second kappa shape index (κ2) is 43.8. The van der Waals surface area contributed by atoms with Gasteiger partial charge in [0.2, 0.25) is 0 Å². The monoisotopic (exact) mass is 769 g/mol. The smallest absolute Gasteiger partial charge is 0.306 e. The normalized spacial score (nSPS) is 12.6. The van der Waals surface area contributed by atoms with E-state index in [1.807, 2.05) is 0 Å². The van der Waals surface area contributed by atoms with Crippen LogP contribution in [0.15, 0.2) is 60.8 Å². The molecular weight excluding hydrogens is 685 g/mol. The third-order valence-corrected chi connectivity index (χ3v) is 9.48. The number of hydrogen-bond acceptors (Lipinski definition) is 6. The van der Waals surface area contributed by atoms with Crippen molar-refractivity contribution in [3.63, 3.8) is 0 Å². The zero-order valence-corrected chi connectivity index (χ0v) is 35.9. The van der Waals surface area contributed by atoms with E-state index in [-0.39, 0.29) is 37.5 Å². The molecule has 0 rings (SSSR count). The maximum Gasteiger partial charge on any atom is 0.306 e. The molecule has 0 aromatic carbocycles. The molecule has 0 radical (unpaired) electrons. The lowest BCUT2D eigenvalue weighted by atomic mass is 10.1. The van der Waals surface area contributed by atoms with Gasteiger partial charge in [0, 0.05) is 19.3 Å². The van der Waals surface area contributed by atoms with Crippen LogP contribution in [0.3, 0.4) is 0 Å². The Kier molecular flexibility index (Phi) is 41.5. The van der Waals surface area contributed by atoms with Crippen molar-refractivity contribution in [1.82, 2.24) is 0 Å². The van der Waals surface area contributed by atoms with Crippen molar-refractivity contribution in [2.24, 2.45) is 0 Å². The van der Waals surface area contributed by atoms with Crippen LogP contribution in [0.5, 0.6) is 0 Å². The number of allylic oxidation sites excluding steroid dienone is 10. The molecule has 0 aromatic heterocycles. The van der Waals surface area contributed by atoms with Crippen molar-refractivity contribution in [2.45, 2.75) is 219 Å². The Morgan fingerprint density at radius 2 is 0.727 bits per heavy atom. The third kappa shape index (κ3) is 42.1. The molecule has 0 aromatic rings. The van der Waals surface area contributed by atoms with Crippen LogP contribution in [0.2, 0.25) is 0 Å². The van der Waals surface area contributed by atoms with Gasteiger partial charge in [0.15, 0.2) is 6.10 Å². The Morgan fingerprint density at radius 1 is 0.382 bits per heavy atom. The summed E-state index contributed by atoms with van der Waals surface area (Å²) < 4.78 is 16.6. The number of carbonyl (C=O) groups is 3. The molecule has 55 heavy (non-hydrogen) atoms. The van der Waals surface area contributed by atoms with Gasteiger partial charge in [0.1, 0.15) is 13.2 Å².